The molecule has 2 heterocycles. The molecule has 2 aliphatic heterocycles. The molecule has 2 aliphatic rings. The molecule has 1 saturated heterocycles. The fourth-order valence-electron chi connectivity index (χ4n) is 2.28. The van der Waals surface area contributed by atoms with E-state index in [9.17, 15) is 0 Å². The Bertz CT molecular complexity index is 232. The smallest absolute Gasteiger partial charge is 0.0963 e. The molecular weight excluding hydrogens is 204 g/mol. The van der Waals surface area contributed by atoms with Crippen LogP contribution in [0.3, 0.4) is 0 Å². The van der Waals surface area contributed by atoms with Gasteiger partial charge in [0.2, 0.25) is 0 Å². The summed E-state index contributed by atoms with van der Waals surface area (Å²) in [6.07, 6.45) is 7.85. The zero-order chi connectivity index (χ0) is 10.6. The monoisotopic (exact) mass is 226 g/mol. The van der Waals surface area contributed by atoms with Gasteiger partial charge in [0.25, 0.3) is 0 Å². The van der Waals surface area contributed by atoms with E-state index < -0.39 is 0 Å². The molecular formula is C12H22N2S. The van der Waals surface area contributed by atoms with Crippen molar-refractivity contribution in [3.8, 4) is 0 Å². The first-order chi connectivity index (χ1) is 7.29. The predicted octanol–water partition coefficient (Wildman–Crippen LogP) is 2.83. The highest BCUT2D eigenvalue weighted by atomic mass is 32.2. The van der Waals surface area contributed by atoms with Gasteiger partial charge in [0.15, 0.2) is 0 Å². The van der Waals surface area contributed by atoms with Crippen molar-refractivity contribution in [3.05, 3.63) is 0 Å². The summed E-state index contributed by atoms with van der Waals surface area (Å²) in [6, 6.07) is 0. The topological polar surface area (TPSA) is 24.4 Å². The molecule has 2 rings (SSSR count). The third kappa shape index (κ3) is 3.40. The maximum atomic E-state index is 4.61. The van der Waals surface area contributed by atoms with E-state index in [1.165, 1.54) is 50.1 Å². The number of hydrogen-bond acceptors (Lipinski definition) is 3. The van der Waals surface area contributed by atoms with Crippen molar-refractivity contribution >= 4 is 17.6 Å². The molecule has 0 spiro atoms. The third-order valence-electron chi connectivity index (χ3n) is 3.34. The quantitative estimate of drug-likeness (QED) is 0.783. The van der Waals surface area contributed by atoms with E-state index >= 15 is 0 Å². The lowest BCUT2D eigenvalue weighted by Gasteiger charge is -2.24. The van der Waals surface area contributed by atoms with Gasteiger partial charge in [-0.1, -0.05) is 6.42 Å². The van der Waals surface area contributed by atoms with Gasteiger partial charge < -0.3 is 5.32 Å². The number of hydrogen-bond donors (Lipinski definition) is 1. The SMILES string of the molecule is CC1(CNC2=NCCCCC2)CCCS1. The zero-order valence-electron chi connectivity index (χ0n) is 9.72. The molecule has 0 amide bonds. The van der Waals surface area contributed by atoms with Crippen LogP contribution in [0.2, 0.25) is 0 Å². The number of nitrogens with one attached hydrogen (secondary N) is 1. The number of nitrogens with zero attached hydrogens (tertiary/aromatic N) is 1. The summed E-state index contributed by atoms with van der Waals surface area (Å²) in [5.41, 5.74) is 0. The number of thioether (sulfide) groups is 1. The van der Waals surface area contributed by atoms with E-state index in [4.69, 9.17) is 0 Å². The van der Waals surface area contributed by atoms with Crippen LogP contribution in [-0.4, -0.2) is 29.4 Å². The Morgan fingerprint density at radius 1 is 1.33 bits per heavy atom. The Kier molecular flexibility index (Phi) is 3.95. The van der Waals surface area contributed by atoms with Gasteiger partial charge in [-0.2, -0.15) is 11.8 Å². The van der Waals surface area contributed by atoms with Crippen molar-refractivity contribution in [1.29, 1.82) is 0 Å². The summed E-state index contributed by atoms with van der Waals surface area (Å²) >= 11 is 2.12. The molecule has 1 N–H and O–H groups in total. The molecule has 0 aromatic carbocycles. The van der Waals surface area contributed by atoms with E-state index in [0.717, 1.165) is 13.1 Å². The number of rotatable bonds is 2. The highest BCUT2D eigenvalue weighted by Gasteiger charge is 2.29. The van der Waals surface area contributed by atoms with Crippen LogP contribution in [0, 0.1) is 0 Å². The number of aliphatic imine (C=N–C) groups is 1. The first kappa shape index (κ1) is 11.3. The van der Waals surface area contributed by atoms with Crippen molar-refractivity contribution in [1.82, 2.24) is 5.32 Å². The van der Waals surface area contributed by atoms with Crippen LogP contribution in [0.15, 0.2) is 4.99 Å². The Labute approximate surface area is 97.3 Å². The molecule has 1 unspecified atom stereocenters. The molecule has 0 saturated carbocycles. The molecule has 15 heavy (non-hydrogen) atoms. The zero-order valence-corrected chi connectivity index (χ0v) is 10.5. The first-order valence-corrected chi connectivity index (χ1v) is 7.18. The Balaban J connectivity index is 1.78. The van der Waals surface area contributed by atoms with Crippen molar-refractivity contribution in [3.63, 3.8) is 0 Å². The standard InChI is InChI=1S/C12H22N2S/c1-12(7-5-9-15-12)10-14-11-6-3-2-4-8-13-11/h2-10H2,1H3,(H,13,14). The van der Waals surface area contributed by atoms with Crippen LogP contribution in [0.25, 0.3) is 0 Å². The van der Waals surface area contributed by atoms with Crippen LogP contribution in [0.5, 0.6) is 0 Å². The second-order valence-electron chi connectivity index (χ2n) is 4.89. The Hall–Kier alpha value is -0.180. The van der Waals surface area contributed by atoms with Crippen LogP contribution >= 0.6 is 11.8 Å². The van der Waals surface area contributed by atoms with E-state index in [1.807, 2.05) is 0 Å². The largest absolute Gasteiger partial charge is 0.372 e. The summed E-state index contributed by atoms with van der Waals surface area (Å²) in [7, 11) is 0. The van der Waals surface area contributed by atoms with Gasteiger partial charge >= 0.3 is 0 Å². The van der Waals surface area contributed by atoms with Crippen LogP contribution in [0.1, 0.15) is 45.4 Å². The average Bonchev–Trinajstić information content (AvgIpc) is 2.53. The first-order valence-electron chi connectivity index (χ1n) is 6.20. The normalized spacial score (nSPS) is 32.2. The van der Waals surface area contributed by atoms with E-state index in [1.54, 1.807) is 0 Å². The molecule has 2 nitrogen and oxygen atoms in total. The summed E-state index contributed by atoms with van der Waals surface area (Å²) in [5, 5.41) is 3.57. The lowest BCUT2D eigenvalue weighted by molar-refractivity contribution is 0.587. The van der Waals surface area contributed by atoms with E-state index in [-0.39, 0.29) is 0 Å². The van der Waals surface area contributed by atoms with Gasteiger partial charge in [0.1, 0.15) is 0 Å². The fraction of sp³-hybridized carbons (Fsp3) is 0.917. The minimum atomic E-state index is 0.467. The molecule has 0 aromatic rings. The van der Waals surface area contributed by atoms with Crippen molar-refractivity contribution in [2.45, 2.75) is 50.2 Å². The Morgan fingerprint density at radius 3 is 3.07 bits per heavy atom. The van der Waals surface area contributed by atoms with Crippen LogP contribution in [-0.2, 0) is 0 Å². The summed E-state index contributed by atoms with van der Waals surface area (Å²) in [6.45, 7) is 4.53. The molecule has 0 bridgehead atoms. The minimum Gasteiger partial charge on any atom is -0.372 e. The maximum Gasteiger partial charge on any atom is 0.0963 e. The molecule has 0 aliphatic carbocycles. The lowest BCUT2D eigenvalue weighted by Crippen LogP contribution is -2.36. The molecule has 1 atom stereocenters. The summed E-state index contributed by atoms with van der Waals surface area (Å²) in [4.78, 5) is 4.61. The predicted molar refractivity (Wildman–Crippen MR) is 68.9 cm³/mol. The van der Waals surface area contributed by atoms with Gasteiger partial charge in [0.05, 0.1) is 5.84 Å². The second kappa shape index (κ2) is 5.24. The van der Waals surface area contributed by atoms with Gasteiger partial charge in [0, 0.05) is 24.3 Å². The lowest BCUT2D eigenvalue weighted by atomic mass is 10.1. The van der Waals surface area contributed by atoms with Crippen molar-refractivity contribution in [2.24, 2.45) is 4.99 Å². The van der Waals surface area contributed by atoms with Crippen molar-refractivity contribution in [2.75, 3.05) is 18.8 Å². The van der Waals surface area contributed by atoms with Gasteiger partial charge in [-0.25, -0.2) is 0 Å². The molecule has 0 aromatic heterocycles. The van der Waals surface area contributed by atoms with Gasteiger partial charge in [-0.3, -0.25) is 4.99 Å². The highest BCUT2D eigenvalue weighted by Crippen LogP contribution is 2.36. The van der Waals surface area contributed by atoms with Gasteiger partial charge in [-0.15, -0.1) is 0 Å². The molecule has 1 fully saturated rings. The molecule has 86 valence electrons. The highest BCUT2D eigenvalue weighted by molar-refractivity contribution is 8.00. The number of amidine groups is 1. The Morgan fingerprint density at radius 2 is 2.27 bits per heavy atom. The molecule has 0 radical (unpaired) electrons. The summed E-state index contributed by atoms with van der Waals surface area (Å²) < 4.78 is 0.467. The van der Waals surface area contributed by atoms with E-state index in [2.05, 4.69) is 29.0 Å². The van der Waals surface area contributed by atoms with Gasteiger partial charge in [-0.05, 0) is 38.4 Å². The summed E-state index contributed by atoms with van der Waals surface area (Å²) in [5.74, 6) is 2.60. The van der Waals surface area contributed by atoms with Crippen molar-refractivity contribution < 1.29 is 0 Å². The molecule has 3 heteroatoms. The van der Waals surface area contributed by atoms with Crippen LogP contribution in [0.4, 0.5) is 0 Å². The maximum absolute atomic E-state index is 4.61. The second-order valence-corrected chi connectivity index (χ2v) is 6.58. The average molecular weight is 226 g/mol. The fourth-order valence-corrected chi connectivity index (χ4v) is 3.53. The minimum absolute atomic E-state index is 0.467. The van der Waals surface area contributed by atoms with Crippen LogP contribution < -0.4 is 5.32 Å². The van der Waals surface area contributed by atoms with E-state index in [0.29, 0.717) is 4.75 Å². The third-order valence-corrected chi connectivity index (χ3v) is 4.88.